The largest absolute Gasteiger partial charge is 0.481 e. The van der Waals surface area contributed by atoms with Crippen LogP contribution < -0.4 is 10.1 Å². The van der Waals surface area contributed by atoms with Gasteiger partial charge < -0.3 is 15.2 Å². The number of carbonyl (C=O) groups is 1. The van der Waals surface area contributed by atoms with Crippen molar-refractivity contribution < 1.29 is 14.6 Å². The number of carbonyl (C=O) groups excluding carboxylic acids is 1. The number of halogens is 1. The molecule has 1 aromatic carbocycles. The molecule has 0 fully saturated rings. The molecular weight excluding hydrogens is 278 g/mol. The SMILES string of the molecule is CC(C)CC(O)CNC(=O)C(C)Oc1cccc(Cl)c1. The van der Waals surface area contributed by atoms with Crippen LogP contribution in [-0.2, 0) is 4.79 Å². The molecule has 20 heavy (non-hydrogen) atoms. The highest BCUT2D eigenvalue weighted by Gasteiger charge is 2.16. The number of aliphatic hydroxyl groups excluding tert-OH is 1. The van der Waals surface area contributed by atoms with E-state index in [-0.39, 0.29) is 12.5 Å². The van der Waals surface area contributed by atoms with Gasteiger partial charge in [0, 0.05) is 11.6 Å². The summed E-state index contributed by atoms with van der Waals surface area (Å²) in [6.07, 6.45) is -0.513. The monoisotopic (exact) mass is 299 g/mol. The lowest BCUT2D eigenvalue weighted by molar-refractivity contribution is -0.127. The zero-order chi connectivity index (χ0) is 15.1. The fraction of sp³-hybridized carbons (Fsp3) is 0.533. The normalized spacial score (nSPS) is 13.9. The smallest absolute Gasteiger partial charge is 0.260 e. The lowest BCUT2D eigenvalue weighted by Crippen LogP contribution is -2.40. The summed E-state index contributed by atoms with van der Waals surface area (Å²) in [6.45, 7) is 5.94. The van der Waals surface area contributed by atoms with Gasteiger partial charge in [-0.15, -0.1) is 0 Å². The quantitative estimate of drug-likeness (QED) is 0.814. The van der Waals surface area contributed by atoms with Crippen molar-refractivity contribution in [1.82, 2.24) is 5.32 Å². The van der Waals surface area contributed by atoms with E-state index in [1.807, 2.05) is 13.8 Å². The molecule has 0 radical (unpaired) electrons. The number of hydrogen-bond donors (Lipinski definition) is 2. The van der Waals surface area contributed by atoms with Crippen molar-refractivity contribution in [2.24, 2.45) is 5.92 Å². The third-order valence-electron chi connectivity index (χ3n) is 2.73. The third kappa shape index (κ3) is 6.26. The van der Waals surface area contributed by atoms with Crippen LogP contribution >= 0.6 is 11.6 Å². The molecule has 0 saturated heterocycles. The molecule has 2 atom stereocenters. The van der Waals surface area contributed by atoms with E-state index in [4.69, 9.17) is 16.3 Å². The van der Waals surface area contributed by atoms with Crippen LogP contribution in [0.25, 0.3) is 0 Å². The number of benzene rings is 1. The molecule has 2 unspecified atom stereocenters. The topological polar surface area (TPSA) is 58.6 Å². The van der Waals surface area contributed by atoms with Crippen LogP contribution in [0.1, 0.15) is 27.2 Å². The zero-order valence-electron chi connectivity index (χ0n) is 12.1. The van der Waals surface area contributed by atoms with Crippen LogP contribution in [0.3, 0.4) is 0 Å². The highest BCUT2D eigenvalue weighted by atomic mass is 35.5. The Kier molecular flexibility index (Phi) is 6.82. The Morgan fingerprint density at radius 2 is 2.10 bits per heavy atom. The predicted molar refractivity (Wildman–Crippen MR) is 80.0 cm³/mol. The molecule has 0 spiro atoms. The van der Waals surface area contributed by atoms with Crippen molar-refractivity contribution in [3.05, 3.63) is 29.3 Å². The Morgan fingerprint density at radius 3 is 2.70 bits per heavy atom. The van der Waals surface area contributed by atoms with Crippen LogP contribution in [0.5, 0.6) is 5.75 Å². The Bertz CT molecular complexity index is 437. The molecule has 0 aromatic heterocycles. The van der Waals surface area contributed by atoms with Crippen molar-refractivity contribution in [2.45, 2.75) is 39.4 Å². The molecule has 1 rings (SSSR count). The van der Waals surface area contributed by atoms with Crippen LogP contribution in [0, 0.1) is 5.92 Å². The summed E-state index contributed by atoms with van der Waals surface area (Å²) >= 11 is 5.85. The minimum absolute atomic E-state index is 0.236. The van der Waals surface area contributed by atoms with Gasteiger partial charge in [0.05, 0.1) is 6.10 Å². The van der Waals surface area contributed by atoms with E-state index in [9.17, 15) is 9.90 Å². The molecule has 5 heteroatoms. The second kappa shape index (κ2) is 8.12. The second-order valence-electron chi connectivity index (χ2n) is 5.25. The number of nitrogens with one attached hydrogen (secondary N) is 1. The molecule has 1 amide bonds. The molecule has 4 nitrogen and oxygen atoms in total. The molecule has 0 bridgehead atoms. The number of aliphatic hydroxyl groups is 1. The van der Waals surface area contributed by atoms with E-state index in [1.54, 1.807) is 31.2 Å². The Hall–Kier alpha value is -1.26. The first-order valence-corrected chi connectivity index (χ1v) is 7.14. The maximum absolute atomic E-state index is 11.8. The first kappa shape index (κ1) is 16.8. The summed E-state index contributed by atoms with van der Waals surface area (Å²) in [5.41, 5.74) is 0. The van der Waals surface area contributed by atoms with E-state index in [0.717, 1.165) is 0 Å². The van der Waals surface area contributed by atoms with Crippen molar-refractivity contribution in [3.8, 4) is 5.75 Å². The average molecular weight is 300 g/mol. The zero-order valence-corrected chi connectivity index (χ0v) is 12.9. The lowest BCUT2D eigenvalue weighted by atomic mass is 10.1. The molecule has 112 valence electrons. The van der Waals surface area contributed by atoms with Crippen LogP contribution in [0.2, 0.25) is 5.02 Å². The molecule has 0 aliphatic carbocycles. The molecule has 0 saturated carbocycles. The van der Waals surface area contributed by atoms with Gasteiger partial charge in [-0.25, -0.2) is 0 Å². The lowest BCUT2D eigenvalue weighted by Gasteiger charge is -2.17. The van der Waals surface area contributed by atoms with Crippen LogP contribution in [-0.4, -0.2) is 29.8 Å². The Labute approximate surface area is 125 Å². The summed E-state index contributed by atoms with van der Waals surface area (Å²) in [5.74, 6) is 0.678. The summed E-state index contributed by atoms with van der Waals surface area (Å²) in [7, 11) is 0. The molecule has 0 aliphatic rings. The van der Waals surface area contributed by atoms with Gasteiger partial charge in [-0.05, 0) is 37.5 Å². The molecule has 1 aromatic rings. The van der Waals surface area contributed by atoms with Gasteiger partial charge in [0.1, 0.15) is 5.75 Å². The summed E-state index contributed by atoms with van der Waals surface area (Å²) in [4.78, 5) is 11.8. The third-order valence-corrected chi connectivity index (χ3v) is 2.97. The maximum atomic E-state index is 11.8. The van der Waals surface area contributed by atoms with E-state index >= 15 is 0 Å². The van der Waals surface area contributed by atoms with Gasteiger partial charge in [0.15, 0.2) is 6.10 Å². The van der Waals surface area contributed by atoms with Gasteiger partial charge in [-0.2, -0.15) is 0 Å². The van der Waals surface area contributed by atoms with Gasteiger partial charge in [0.25, 0.3) is 5.91 Å². The number of amides is 1. The average Bonchev–Trinajstić information content (AvgIpc) is 2.35. The number of rotatable bonds is 7. The number of ether oxygens (including phenoxy) is 1. The fourth-order valence-electron chi connectivity index (χ4n) is 1.79. The summed E-state index contributed by atoms with van der Waals surface area (Å²) < 4.78 is 5.49. The van der Waals surface area contributed by atoms with Crippen molar-refractivity contribution in [1.29, 1.82) is 0 Å². The maximum Gasteiger partial charge on any atom is 0.260 e. The fourth-order valence-corrected chi connectivity index (χ4v) is 1.97. The number of hydrogen-bond acceptors (Lipinski definition) is 3. The summed E-state index contributed by atoms with van der Waals surface area (Å²) in [6, 6.07) is 6.89. The van der Waals surface area contributed by atoms with E-state index in [2.05, 4.69) is 5.32 Å². The Morgan fingerprint density at radius 1 is 1.40 bits per heavy atom. The van der Waals surface area contributed by atoms with Crippen molar-refractivity contribution in [2.75, 3.05) is 6.54 Å². The standard InChI is InChI=1S/C15H22ClNO3/c1-10(2)7-13(18)9-17-15(19)11(3)20-14-6-4-5-12(16)8-14/h4-6,8,10-11,13,18H,7,9H2,1-3H3,(H,17,19). The minimum atomic E-state index is -0.639. The predicted octanol–water partition coefficient (Wildman–Crippen LogP) is 2.63. The molecule has 0 aliphatic heterocycles. The van der Waals surface area contributed by atoms with Crippen molar-refractivity contribution >= 4 is 17.5 Å². The first-order valence-electron chi connectivity index (χ1n) is 6.76. The van der Waals surface area contributed by atoms with Crippen LogP contribution in [0.4, 0.5) is 0 Å². The molecular formula is C15H22ClNO3. The van der Waals surface area contributed by atoms with Crippen LogP contribution in [0.15, 0.2) is 24.3 Å². The minimum Gasteiger partial charge on any atom is -0.481 e. The molecule has 0 heterocycles. The van der Waals surface area contributed by atoms with E-state index in [1.165, 1.54) is 0 Å². The first-order chi connectivity index (χ1) is 9.38. The summed E-state index contributed by atoms with van der Waals surface area (Å²) in [5, 5.41) is 12.9. The van der Waals surface area contributed by atoms with Crippen molar-refractivity contribution in [3.63, 3.8) is 0 Å². The van der Waals surface area contributed by atoms with E-state index < -0.39 is 12.2 Å². The second-order valence-corrected chi connectivity index (χ2v) is 5.68. The van der Waals surface area contributed by atoms with Gasteiger partial charge in [-0.3, -0.25) is 4.79 Å². The van der Waals surface area contributed by atoms with Gasteiger partial charge in [0.2, 0.25) is 0 Å². The van der Waals surface area contributed by atoms with Gasteiger partial charge in [-0.1, -0.05) is 31.5 Å². The highest BCUT2D eigenvalue weighted by molar-refractivity contribution is 6.30. The molecule has 2 N–H and O–H groups in total. The van der Waals surface area contributed by atoms with Gasteiger partial charge >= 0.3 is 0 Å². The highest BCUT2D eigenvalue weighted by Crippen LogP contribution is 2.18. The van der Waals surface area contributed by atoms with E-state index in [0.29, 0.717) is 23.1 Å². The Balaban J connectivity index is 2.39.